The molecule has 0 aliphatic carbocycles. The molecule has 0 radical (unpaired) electrons. The minimum Gasteiger partial charge on any atom is -0.508 e. The number of fused-ring (bicyclic) bond motifs is 3. The summed E-state index contributed by atoms with van der Waals surface area (Å²) < 4.78 is 0. The minimum atomic E-state index is -0.0117. The molecular formula is C13H16N2O. The minimum absolute atomic E-state index is 0.0117. The number of phenols is 1. The molecular weight excluding hydrogens is 200 g/mol. The molecule has 0 amide bonds. The molecule has 1 aliphatic heterocycles. The SMILES string of the molecule is CC1(C)NCCc2c1[nH]c1ccc(O)cc21. The Bertz CT molecular complexity index is 554. The molecule has 2 heterocycles. The van der Waals surface area contributed by atoms with E-state index in [0.29, 0.717) is 5.75 Å². The number of aromatic hydroxyl groups is 1. The molecule has 2 aromatic rings. The van der Waals surface area contributed by atoms with Crippen molar-refractivity contribution in [1.82, 2.24) is 10.3 Å². The first kappa shape index (κ1) is 9.73. The molecule has 3 rings (SSSR count). The van der Waals surface area contributed by atoms with Crippen LogP contribution in [0.25, 0.3) is 10.9 Å². The van der Waals surface area contributed by atoms with Crippen LogP contribution in [-0.2, 0) is 12.0 Å². The molecule has 0 atom stereocenters. The molecule has 1 aliphatic rings. The molecule has 0 saturated heterocycles. The lowest BCUT2D eigenvalue weighted by Gasteiger charge is -2.31. The maximum atomic E-state index is 9.55. The highest BCUT2D eigenvalue weighted by atomic mass is 16.3. The zero-order chi connectivity index (χ0) is 11.3. The fourth-order valence-corrected chi connectivity index (χ4v) is 2.62. The van der Waals surface area contributed by atoms with E-state index in [9.17, 15) is 5.11 Å². The van der Waals surface area contributed by atoms with E-state index in [2.05, 4.69) is 24.1 Å². The van der Waals surface area contributed by atoms with Crippen LogP contribution in [0.4, 0.5) is 0 Å². The Morgan fingerprint density at radius 1 is 1.31 bits per heavy atom. The molecule has 3 nitrogen and oxygen atoms in total. The van der Waals surface area contributed by atoms with Gasteiger partial charge in [-0.1, -0.05) is 0 Å². The molecule has 16 heavy (non-hydrogen) atoms. The smallest absolute Gasteiger partial charge is 0.116 e. The van der Waals surface area contributed by atoms with Gasteiger partial charge in [0.1, 0.15) is 5.75 Å². The van der Waals surface area contributed by atoms with Crippen LogP contribution in [0.1, 0.15) is 25.1 Å². The van der Waals surface area contributed by atoms with E-state index < -0.39 is 0 Å². The van der Waals surface area contributed by atoms with Crippen LogP contribution in [0, 0.1) is 0 Å². The number of nitrogens with one attached hydrogen (secondary N) is 2. The van der Waals surface area contributed by atoms with Gasteiger partial charge in [0, 0.05) is 23.1 Å². The number of aromatic amines is 1. The fourth-order valence-electron chi connectivity index (χ4n) is 2.62. The van der Waals surface area contributed by atoms with E-state index in [1.54, 1.807) is 6.07 Å². The summed E-state index contributed by atoms with van der Waals surface area (Å²) in [7, 11) is 0. The summed E-state index contributed by atoms with van der Waals surface area (Å²) in [6.45, 7) is 5.35. The van der Waals surface area contributed by atoms with Gasteiger partial charge in [-0.15, -0.1) is 0 Å². The van der Waals surface area contributed by atoms with E-state index in [-0.39, 0.29) is 5.54 Å². The van der Waals surface area contributed by atoms with Crippen molar-refractivity contribution in [1.29, 1.82) is 0 Å². The Balaban J connectivity index is 2.33. The monoisotopic (exact) mass is 216 g/mol. The average molecular weight is 216 g/mol. The summed E-state index contributed by atoms with van der Waals surface area (Å²) in [6, 6.07) is 5.52. The van der Waals surface area contributed by atoms with Crippen LogP contribution in [0.5, 0.6) is 5.75 Å². The number of H-pyrrole nitrogens is 1. The molecule has 84 valence electrons. The third-order valence-corrected chi connectivity index (χ3v) is 3.46. The molecule has 0 saturated carbocycles. The lowest BCUT2D eigenvalue weighted by atomic mass is 9.90. The predicted octanol–water partition coefficient (Wildman–Crippen LogP) is 2.25. The van der Waals surface area contributed by atoms with Crippen LogP contribution >= 0.6 is 0 Å². The number of rotatable bonds is 0. The van der Waals surface area contributed by atoms with Crippen molar-refractivity contribution >= 4 is 10.9 Å². The van der Waals surface area contributed by atoms with Crippen molar-refractivity contribution in [2.75, 3.05) is 6.54 Å². The van der Waals surface area contributed by atoms with Crippen LogP contribution in [-0.4, -0.2) is 16.6 Å². The maximum Gasteiger partial charge on any atom is 0.116 e. The number of hydrogen-bond donors (Lipinski definition) is 3. The first-order valence-corrected chi connectivity index (χ1v) is 5.67. The van der Waals surface area contributed by atoms with Gasteiger partial charge in [-0.25, -0.2) is 0 Å². The van der Waals surface area contributed by atoms with Crippen molar-refractivity contribution in [3.05, 3.63) is 29.5 Å². The van der Waals surface area contributed by atoms with Gasteiger partial charge in [-0.3, -0.25) is 0 Å². The Morgan fingerprint density at radius 2 is 2.12 bits per heavy atom. The number of phenolic OH excluding ortho intramolecular Hbond substituents is 1. The Hall–Kier alpha value is -1.48. The Morgan fingerprint density at radius 3 is 2.94 bits per heavy atom. The van der Waals surface area contributed by atoms with Gasteiger partial charge in [0.05, 0.1) is 5.54 Å². The second kappa shape index (κ2) is 3.01. The van der Waals surface area contributed by atoms with Gasteiger partial charge < -0.3 is 15.4 Å². The maximum absolute atomic E-state index is 9.55. The van der Waals surface area contributed by atoms with E-state index >= 15 is 0 Å². The van der Waals surface area contributed by atoms with E-state index in [4.69, 9.17) is 0 Å². The molecule has 0 bridgehead atoms. The first-order chi connectivity index (χ1) is 7.58. The zero-order valence-electron chi connectivity index (χ0n) is 9.59. The van der Waals surface area contributed by atoms with Gasteiger partial charge in [0.25, 0.3) is 0 Å². The molecule has 1 aromatic heterocycles. The van der Waals surface area contributed by atoms with Crippen molar-refractivity contribution in [2.24, 2.45) is 0 Å². The fraction of sp³-hybridized carbons (Fsp3) is 0.385. The zero-order valence-corrected chi connectivity index (χ0v) is 9.59. The summed E-state index contributed by atoms with van der Waals surface area (Å²) in [5, 5.41) is 14.2. The summed E-state index contributed by atoms with van der Waals surface area (Å²) in [5.41, 5.74) is 3.69. The Labute approximate surface area is 94.5 Å². The lowest BCUT2D eigenvalue weighted by molar-refractivity contribution is 0.374. The number of hydrogen-bond acceptors (Lipinski definition) is 2. The van der Waals surface area contributed by atoms with Crippen LogP contribution in [0.3, 0.4) is 0 Å². The second-order valence-electron chi connectivity index (χ2n) is 5.01. The van der Waals surface area contributed by atoms with Crippen LogP contribution in [0.2, 0.25) is 0 Å². The molecule has 3 heteroatoms. The van der Waals surface area contributed by atoms with Crippen molar-refractivity contribution in [3.8, 4) is 5.75 Å². The first-order valence-electron chi connectivity index (χ1n) is 5.67. The molecule has 0 unspecified atom stereocenters. The third-order valence-electron chi connectivity index (χ3n) is 3.46. The normalized spacial score (nSPS) is 18.6. The van der Waals surface area contributed by atoms with E-state index in [1.807, 2.05) is 12.1 Å². The molecule has 0 spiro atoms. The largest absolute Gasteiger partial charge is 0.508 e. The average Bonchev–Trinajstić information content (AvgIpc) is 2.58. The van der Waals surface area contributed by atoms with Crippen LogP contribution < -0.4 is 5.32 Å². The highest BCUT2D eigenvalue weighted by Crippen LogP contribution is 2.34. The number of benzene rings is 1. The quantitative estimate of drug-likeness (QED) is 0.632. The number of aromatic nitrogens is 1. The van der Waals surface area contributed by atoms with E-state index in [0.717, 1.165) is 23.9 Å². The van der Waals surface area contributed by atoms with Gasteiger partial charge in [-0.05, 0) is 44.0 Å². The lowest BCUT2D eigenvalue weighted by Crippen LogP contribution is -2.42. The van der Waals surface area contributed by atoms with E-state index in [1.165, 1.54) is 11.3 Å². The summed E-state index contributed by atoms with van der Waals surface area (Å²) in [4.78, 5) is 3.46. The van der Waals surface area contributed by atoms with Crippen molar-refractivity contribution < 1.29 is 5.11 Å². The standard InChI is InChI=1S/C13H16N2O/c1-13(2)12-9(5-6-14-13)10-7-8(16)3-4-11(10)15-12/h3-4,7,14-16H,5-6H2,1-2H3. The van der Waals surface area contributed by atoms with Crippen molar-refractivity contribution in [3.63, 3.8) is 0 Å². The van der Waals surface area contributed by atoms with Crippen LogP contribution in [0.15, 0.2) is 18.2 Å². The topological polar surface area (TPSA) is 48.0 Å². The van der Waals surface area contributed by atoms with Crippen molar-refractivity contribution in [2.45, 2.75) is 25.8 Å². The Kier molecular flexibility index (Phi) is 1.83. The summed E-state index contributed by atoms with van der Waals surface area (Å²) in [5.74, 6) is 0.339. The summed E-state index contributed by atoms with van der Waals surface area (Å²) in [6.07, 6.45) is 1.02. The highest BCUT2D eigenvalue weighted by Gasteiger charge is 2.29. The van der Waals surface area contributed by atoms with Gasteiger partial charge in [-0.2, -0.15) is 0 Å². The second-order valence-corrected chi connectivity index (χ2v) is 5.01. The third kappa shape index (κ3) is 1.25. The summed E-state index contributed by atoms with van der Waals surface area (Å²) >= 11 is 0. The van der Waals surface area contributed by atoms with Gasteiger partial charge in [0.15, 0.2) is 0 Å². The highest BCUT2D eigenvalue weighted by molar-refractivity contribution is 5.86. The predicted molar refractivity (Wildman–Crippen MR) is 64.7 cm³/mol. The van der Waals surface area contributed by atoms with Gasteiger partial charge in [0.2, 0.25) is 0 Å². The van der Waals surface area contributed by atoms with Gasteiger partial charge >= 0.3 is 0 Å². The molecule has 3 N–H and O–H groups in total. The molecule has 1 aromatic carbocycles. The molecule has 0 fully saturated rings.